The van der Waals surface area contributed by atoms with Gasteiger partial charge in [0, 0.05) is 23.4 Å². The van der Waals surface area contributed by atoms with E-state index in [1.807, 2.05) is 48.5 Å². The molecule has 166 valence electrons. The lowest BCUT2D eigenvalue weighted by atomic mass is 9.98. The van der Waals surface area contributed by atoms with Crippen molar-refractivity contribution < 1.29 is 18.7 Å². The Labute approximate surface area is 195 Å². The molecule has 2 aromatic heterocycles. The number of fused-ring (bicyclic) bond motifs is 1. The fourth-order valence-electron chi connectivity index (χ4n) is 3.91. The van der Waals surface area contributed by atoms with E-state index in [1.165, 1.54) is 11.3 Å². The quantitative estimate of drug-likeness (QED) is 0.367. The van der Waals surface area contributed by atoms with E-state index in [-0.39, 0.29) is 11.7 Å². The Kier molecular flexibility index (Phi) is 5.48. The number of carbonyl (C=O) groups is 1. The number of aromatic nitrogens is 1. The molecule has 5 rings (SSSR count). The minimum atomic E-state index is -0.439. The van der Waals surface area contributed by atoms with Crippen molar-refractivity contribution >= 4 is 34.1 Å². The number of furan rings is 1. The van der Waals surface area contributed by atoms with E-state index in [4.69, 9.17) is 25.5 Å². The molecule has 33 heavy (non-hydrogen) atoms. The van der Waals surface area contributed by atoms with Crippen LogP contribution in [0.4, 0.5) is 0 Å². The van der Waals surface area contributed by atoms with Gasteiger partial charge in [-0.1, -0.05) is 11.6 Å². The molecule has 0 fully saturated rings. The summed E-state index contributed by atoms with van der Waals surface area (Å²) in [5.41, 5.74) is 3.07. The molecule has 2 aromatic carbocycles. The van der Waals surface area contributed by atoms with Crippen LogP contribution in [-0.2, 0) is 0 Å². The third-order valence-electron chi connectivity index (χ3n) is 5.64. The molecular weight excluding hydrogens is 442 g/mol. The van der Waals surface area contributed by atoms with Crippen LogP contribution in [0.1, 0.15) is 34.1 Å². The number of halogens is 1. The van der Waals surface area contributed by atoms with Crippen LogP contribution in [0.15, 0.2) is 76.4 Å². The summed E-state index contributed by atoms with van der Waals surface area (Å²) >= 11 is 6.63. The smallest absolute Gasteiger partial charge is 0.310 e. The first-order valence-corrected chi connectivity index (χ1v) is 10.7. The van der Waals surface area contributed by atoms with Gasteiger partial charge in [0.2, 0.25) is 0 Å². The zero-order chi connectivity index (χ0) is 22.9. The van der Waals surface area contributed by atoms with Gasteiger partial charge in [-0.25, -0.2) is 9.99 Å². The van der Waals surface area contributed by atoms with Crippen LogP contribution < -0.4 is 9.47 Å². The third kappa shape index (κ3) is 3.91. The number of benzene rings is 2. The van der Waals surface area contributed by atoms with Crippen LogP contribution >= 0.6 is 11.6 Å². The molecule has 0 spiro atoms. The third-order valence-corrected chi connectivity index (χ3v) is 5.94. The number of carbonyl (C=O) groups excluding carboxylic acids is 1. The fourth-order valence-corrected chi connectivity index (χ4v) is 4.18. The fraction of sp³-hybridized carbons (Fsp3) is 0.160. The maximum Gasteiger partial charge on any atom is 0.310 e. The van der Waals surface area contributed by atoms with Crippen molar-refractivity contribution in [2.75, 3.05) is 14.2 Å². The zero-order valence-electron chi connectivity index (χ0n) is 18.0. The Morgan fingerprint density at radius 3 is 2.52 bits per heavy atom. The zero-order valence-corrected chi connectivity index (χ0v) is 18.7. The molecule has 0 saturated heterocycles. The number of rotatable bonds is 5. The molecule has 1 amide bonds. The van der Waals surface area contributed by atoms with Crippen molar-refractivity contribution in [3.05, 3.63) is 89.0 Å². The summed E-state index contributed by atoms with van der Waals surface area (Å²) in [6.07, 6.45) is 1.94. The molecule has 0 N–H and O–H groups in total. The highest BCUT2D eigenvalue weighted by atomic mass is 35.5. The lowest BCUT2D eigenvalue weighted by Crippen LogP contribution is -2.27. The SMILES string of the molecule is COc1ccc(C2=NN(C(=O)c3ccco3)[C@H](c3cc4ccc(OC)cc4nc3Cl)C2)cc1. The van der Waals surface area contributed by atoms with Gasteiger partial charge in [0.15, 0.2) is 5.76 Å². The number of pyridine rings is 1. The monoisotopic (exact) mass is 461 g/mol. The predicted molar refractivity (Wildman–Crippen MR) is 125 cm³/mol. The normalized spacial score (nSPS) is 15.5. The molecule has 0 radical (unpaired) electrons. The van der Waals surface area contributed by atoms with E-state index in [0.29, 0.717) is 28.4 Å². The Balaban J connectivity index is 1.57. The molecule has 4 aromatic rings. The van der Waals surface area contributed by atoms with Gasteiger partial charge in [-0.3, -0.25) is 4.79 Å². The van der Waals surface area contributed by atoms with Gasteiger partial charge in [-0.05, 0) is 60.2 Å². The van der Waals surface area contributed by atoms with E-state index < -0.39 is 6.04 Å². The molecule has 1 aliphatic heterocycles. The standard InChI is InChI=1S/C25H20ClN3O4/c1-31-17-8-5-15(6-9-17)21-14-22(29(28-21)25(30)23-4-3-11-33-23)19-12-16-7-10-18(32-2)13-20(16)27-24(19)26/h3-13,22H,14H2,1-2H3/t22-/m0/s1. The van der Waals surface area contributed by atoms with Gasteiger partial charge in [0.1, 0.15) is 16.7 Å². The molecule has 3 heterocycles. The van der Waals surface area contributed by atoms with Gasteiger partial charge in [0.05, 0.1) is 37.8 Å². The first-order chi connectivity index (χ1) is 16.1. The summed E-state index contributed by atoms with van der Waals surface area (Å²) in [6.45, 7) is 0. The van der Waals surface area contributed by atoms with Gasteiger partial charge in [-0.2, -0.15) is 5.10 Å². The molecule has 0 unspecified atom stereocenters. The largest absolute Gasteiger partial charge is 0.497 e. The number of methoxy groups -OCH3 is 2. The Bertz CT molecular complexity index is 1350. The maximum absolute atomic E-state index is 13.3. The first kappa shape index (κ1) is 21.0. The van der Waals surface area contributed by atoms with Gasteiger partial charge < -0.3 is 13.9 Å². The topological polar surface area (TPSA) is 77.2 Å². The molecule has 0 bridgehead atoms. The van der Waals surface area contributed by atoms with E-state index in [1.54, 1.807) is 26.4 Å². The van der Waals surface area contributed by atoms with Crippen LogP contribution in [-0.4, -0.2) is 35.8 Å². The highest BCUT2D eigenvalue weighted by Crippen LogP contribution is 2.38. The molecule has 1 atom stereocenters. The minimum absolute atomic E-state index is 0.203. The van der Waals surface area contributed by atoms with Crippen molar-refractivity contribution in [1.82, 2.24) is 9.99 Å². The Morgan fingerprint density at radius 2 is 1.82 bits per heavy atom. The number of hydrogen-bond acceptors (Lipinski definition) is 6. The summed E-state index contributed by atoms with van der Waals surface area (Å²) in [5.74, 6) is 1.29. The maximum atomic E-state index is 13.3. The Morgan fingerprint density at radius 1 is 1.06 bits per heavy atom. The summed E-state index contributed by atoms with van der Waals surface area (Å²) in [6, 6.07) is 18.0. The first-order valence-electron chi connectivity index (χ1n) is 10.3. The van der Waals surface area contributed by atoms with Crippen molar-refractivity contribution in [1.29, 1.82) is 0 Å². The predicted octanol–water partition coefficient (Wildman–Crippen LogP) is 5.49. The van der Waals surface area contributed by atoms with E-state index in [2.05, 4.69) is 10.1 Å². The Hall–Kier alpha value is -3.84. The summed E-state index contributed by atoms with van der Waals surface area (Å²) in [4.78, 5) is 17.8. The molecule has 8 heteroatoms. The lowest BCUT2D eigenvalue weighted by molar-refractivity contribution is 0.0678. The summed E-state index contributed by atoms with van der Waals surface area (Å²) < 4.78 is 15.9. The van der Waals surface area contributed by atoms with Crippen molar-refractivity contribution in [2.24, 2.45) is 5.10 Å². The number of amides is 1. The van der Waals surface area contributed by atoms with E-state index in [9.17, 15) is 4.79 Å². The number of ether oxygens (including phenoxy) is 2. The second-order valence-electron chi connectivity index (χ2n) is 7.55. The highest BCUT2D eigenvalue weighted by molar-refractivity contribution is 6.30. The van der Waals surface area contributed by atoms with Crippen LogP contribution in [0.2, 0.25) is 5.15 Å². The number of hydrazone groups is 1. The average Bonchev–Trinajstić information content (AvgIpc) is 3.54. The van der Waals surface area contributed by atoms with Crippen LogP contribution in [0.3, 0.4) is 0 Å². The minimum Gasteiger partial charge on any atom is -0.497 e. The van der Waals surface area contributed by atoms with E-state index >= 15 is 0 Å². The molecule has 1 aliphatic rings. The van der Waals surface area contributed by atoms with Crippen molar-refractivity contribution in [3.8, 4) is 11.5 Å². The average molecular weight is 462 g/mol. The van der Waals surface area contributed by atoms with Gasteiger partial charge in [-0.15, -0.1) is 0 Å². The van der Waals surface area contributed by atoms with Crippen molar-refractivity contribution in [3.63, 3.8) is 0 Å². The van der Waals surface area contributed by atoms with Crippen LogP contribution in [0.25, 0.3) is 10.9 Å². The summed E-state index contributed by atoms with van der Waals surface area (Å²) in [7, 11) is 3.22. The second-order valence-corrected chi connectivity index (χ2v) is 7.91. The summed E-state index contributed by atoms with van der Waals surface area (Å²) in [5, 5.41) is 7.29. The molecule has 0 saturated carbocycles. The van der Waals surface area contributed by atoms with Crippen LogP contribution in [0, 0.1) is 0 Å². The second kappa shape index (κ2) is 8.60. The van der Waals surface area contributed by atoms with Crippen molar-refractivity contribution in [2.45, 2.75) is 12.5 Å². The molecule has 0 aliphatic carbocycles. The molecule has 7 nitrogen and oxygen atoms in total. The van der Waals surface area contributed by atoms with Crippen LogP contribution in [0.5, 0.6) is 11.5 Å². The number of nitrogens with zero attached hydrogens (tertiary/aromatic N) is 3. The van der Waals surface area contributed by atoms with Gasteiger partial charge >= 0.3 is 5.91 Å². The number of hydrogen-bond donors (Lipinski definition) is 0. The van der Waals surface area contributed by atoms with E-state index in [0.717, 1.165) is 22.4 Å². The molecular formula is C25H20ClN3O4. The lowest BCUT2D eigenvalue weighted by Gasteiger charge is -2.22. The van der Waals surface area contributed by atoms with Gasteiger partial charge in [0.25, 0.3) is 0 Å². The highest BCUT2D eigenvalue weighted by Gasteiger charge is 2.36.